The van der Waals surface area contributed by atoms with E-state index in [0.717, 1.165) is 31.2 Å². The van der Waals surface area contributed by atoms with Gasteiger partial charge in [0.25, 0.3) is 0 Å². The Morgan fingerprint density at radius 1 is 1.21 bits per heavy atom. The van der Waals surface area contributed by atoms with Gasteiger partial charge in [-0.15, -0.1) is 24.0 Å². The van der Waals surface area contributed by atoms with Crippen LogP contribution in [0, 0.1) is 5.92 Å². The van der Waals surface area contributed by atoms with Crippen molar-refractivity contribution in [2.75, 3.05) is 20.1 Å². The third kappa shape index (κ3) is 6.20. The second-order valence-electron chi connectivity index (χ2n) is 7.73. The monoisotopic (exact) mass is 496 g/mol. The van der Waals surface area contributed by atoms with Crippen LogP contribution in [0.15, 0.2) is 47.7 Å². The molecule has 0 bridgehead atoms. The van der Waals surface area contributed by atoms with Crippen molar-refractivity contribution in [1.29, 1.82) is 0 Å². The van der Waals surface area contributed by atoms with Crippen molar-refractivity contribution in [1.82, 2.24) is 25.3 Å². The molecule has 0 amide bonds. The lowest BCUT2D eigenvalue weighted by atomic mass is 10.1. The lowest BCUT2D eigenvalue weighted by Gasteiger charge is -2.21. The van der Waals surface area contributed by atoms with Gasteiger partial charge >= 0.3 is 0 Å². The molecule has 3 rings (SSSR count). The largest absolute Gasteiger partial charge is 0.352 e. The molecule has 7 heteroatoms. The van der Waals surface area contributed by atoms with E-state index in [4.69, 9.17) is 0 Å². The van der Waals surface area contributed by atoms with Crippen LogP contribution in [0.25, 0.3) is 0 Å². The lowest BCUT2D eigenvalue weighted by molar-refractivity contribution is 0.265. The van der Waals surface area contributed by atoms with Crippen LogP contribution in [0.5, 0.6) is 0 Å². The first kappa shape index (κ1) is 22.7. The van der Waals surface area contributed by atoms with Gasteiger partial charge in [0.15, 0.2) is 5.96 Å². The lowest BCUT2D eigenvalue weighted by Crippen LogP contribution is -2.46. The quantitative estimate of drug-likeness (QED) is 0.367. The van der Waals surface area contributed by atoms with Crippen LogP contribution < -0.4 is 10.6 Å². The fraction of sp³-hybridized carbons (Fsp3) is 0.524. The maximum absolute atomic E-state index is 4.47. The van der Waals surface area contributed by atoms with Crippen LogP contribution in [-0.2, 0) is 13.1 Å². The van der Waals surface area contributed by atoms with Crippen LogP contribution in [0.1, 0.15) is 31.9 Å². The summed E-state index contributed by atoms with van der Waals surface area (Å²) in [5.41, 5.74) is 2.40. The first-order chi connectivity index (χ1) is 13.0. The van der Waals surface area contributed by atoms with Crippen molar-refractivity contribution in [2.45, 2.75) is 45.9 Å². The third-order valence-corrected chi connectivity index (χ3v) is 5.25. The zero-order valence-corrected chi connectivity index (χ0v) is 19.6. The van der Waals surface area contributed by atoms with Crippen molar-refractivity contribution < 1.29 is 0 Å². The van der Waals surface area contributed by atoms with Crippen LogP contribution in [0.2, 0.25) is 0 Å². The summed E-state index contributed by atoms with van der Waals surface area (Å²) < 4.78 is 1.97. The van der Waals surface area contributed by atoms with E-state index in [0.29, 0.717) is 24.5 Å². The second-order valence-corrected chi connectivity index (χ2v) is 7.73. The smallest absolute Gasteiger partial charge is 0.191 e. The minimum Gasteiger partial charge on any atom is -0.352 e. The van der Waals surface area contributed by atoms with Gasteiger partial charge in [0.1, 0.15) is 0 Å². The SMILES string of the molecule is CN=C(NCc1cnn(Cc2ccccc2)c1)NC1CN(C(C)C)CC1C.I. The maximum Gasteiger partial charge on any atom is 0.191 e. The molecule has 1 saturated heterocycles. The highest BCUT2D eigenvalue weighted by Gasteiger charge is 2.31. The molecule has 154 valence electrons. The number of benzene rings is 1. The van der Waals surface area contributed by atoms with Gasteiger partial charge in [-0.25, -0.2) is 0 Å². The molecular formula is C21H33IN6. The predicted octanol–water partition coefficient (Wildman–Crippen LogP) is 2.94. The molecule has 1 aromatic carbocycles. The van der Waals surface area contributed by atoms with Gasteiger partial charge in [0.05, 0.1) is 12.7 Å². The number of halogens is 1. The van der Waals surface area contributed by atoms with E-state index < -0.39 is 0 Å². The topological polar surface area (TPSA) is 57.5 Å². The first-order valence-electron chi connectivity index (χ1n) is 9.81. The third-order valence-electron chi connectivity index (χ3n) is 5.25. The van der Waals surface area contributed by atoms with E-state index in [9.17, 15) is 0 Å². The molecule has 2 unspecified atom stereocenters. The number of rotatable bonds is 6. The molecule has 1 fully saturated rings. The summed E-state index contributed by atoms with van der Waals surface area (Å²) in [7, 11) is 1.83. The summed E-state index contributed by atoms with van der Waals surface area (Å²) in [4.78, 5) is 6.91. The predicted molar refractivity (Wildman–Crippen MR) is 126 cm³/mol. The van der Waals surface area contributed by atoms with E-state index in [1.54, 1.807) is 0 Å². The minimum absolute atomic E-state index is 0. The number of aliphatic imine (C=N–C) groups is 1. The highest BCUT2D eigenvalue weighted by Crippen LogP contribution is 2.18. The van der Waals surface area contributed by atoms with Crippen molar-refractivity contribution in [3.8, 4) is 0 Å². The van der Waals surface area contributed by atoms with E-state index in [1.165, 1.54) is 5.56 Å². The number of hydrogen-bond acceptors (Lipinski definition) is 3. The standard InChI is InChI=1S/C21H32N6.HI/c1-16(2)26-12-17(3)20(15-26)25-21(22-4)23-10-19-11-24-27(14-19)13-18-8-6-5-7-9-18;/h5-9,11,14,16-17,20H,10,12-13,15H2,1-4H3,(H2,22,23,25);1H. The number of aromatic nitrogens is 2. The molecule has 1 aliphatic rings. The Hall–Kier alpha value is -1.61. The van der Waals surface area contributed by atoms with Crippen molar-refractivity contribution >= 4 is 29.9 Å². The van der Waals surface area contributed by atoms with Crippen LogP contribution in [-0.4, -0.2) is 52.9 Å². The molecule has 1 aromatic heterocycles. The van der Waals surface area contributed by atoms with Crippen LogP contribution in [0.4, 0.5) is 0 Å². The van der Waals surface area contributed by atoms with Crippen molar-refractivity contribution in [2.24, 2.45) is 10.9 Å². The molecule has 2 heterocycles. The Kier molecular flexibility index (Phi) is 8.75. The van der Waals surface area contributed by atoms with Gasteiger partial charge in [-0.1, -0.05) is 37.3 Å². The normalized spacial score (nSPS) is 20.2. The molecule has 6 nitrogen and oxygen atoms in total. The number of likely N-dealkylation sites (tertiary alicyclic amines) is 1. The first-order valence-corrected chi connectivity index (χ1v) is 9.81. The van der Waals surface area contributed by atoms with Crippen LogP contribution in [0.3, 0.4) is 0 Å². The van der Waals surface area contributed by atoms with Gasteiger partial charge in [0, 0.05) is 50.5 Å². The fourth-order valence-electron chi connectivity index (χ4n) is 3.52. The van der Waals surface area contributed by atoms with Gasteiger partial charge in [-0.2, -0.15) is 5.10 Å². The van der Waals surface area contributed by atoms with Crippen molar-refractivity contribution in [3.05, 3.63) is 53.9 Å². The maximum atomic E-state index is 4.47. The molecule has 28 heavy (non-hydrogen) atoms. The van der Waals surface area contributed by atoms with Gasteiger partial charge in [-0.05, 0) is 25.3 Å². The number of nitrogens with one attached hydrogen (secondary N) is 2. The highest BCUT2D eigenvalue weighted by molar-refractivity contribution is 14.0. The molecule has 0 radical (unpaired) electrons. The summed E-state index contributed by atoms with van der Waals surface area (Å²) >= 11 is 0. The van der Waals surface area contributed by atoms with E-state index >= 15 is 0 Å². The van der Waals surface area contributed by atoms with Crippen molar-refractivity contribution in [3.63, 3.8) is 0 Å². The van der Waals surface area contributed by atoms with E-state index in [-0.39, 0.29) is 24.0 Å². The second kappa shape index (κ2) is 10.8. The zero-order valence-electron chi connectivity index (χ0n) is 17.3. The molecule has 2 N–H and O–H groups in total. The van der Waals surface area contributed by atoms with Gasteiger partial charge in [0.2, 0.25) is 0 Å². The Labute approximate surface area is 185 Å². The summed E-state index contributed by atoms with van der Waals surface area (Å²) in [5.74, 6) is 1.47. The summed E-state index contributed by atoms with van der Waals surface area (Å²) in [6.07, 6.45) is 4.01. The molecule has 1 aliphatic heterocycles. The molecule has 0 saturated carbocycles. The molecule has 2 atom stereocenters. The van der Waals surface area contributed by atoms with Crippen LogP contribution >= 0.6 is 24.0 Å². The number of hydrogen-bond donors (Lipinski definition) is 2. The summed E-state index contributed by atoms with van der Waals surface area (Å²) in [6.45, 7) is 10.5. The average Bonchev–Trinajstić information content (AvgIpc) is 3.26. The molecular weight excluding hydrogens is 463 g/mol. The summed E-state index contributed by atoms with van der Waals surface area (Å²) in [5, 5.41) is 11.5. The van der Waals surface area contributed by atoms with E-state index in [2.05, 4.69) is 76.9 Å². The van der Waals surface area contributed by atoms with Gasteiger partial charge < -0.3 is 10.6 Å². The fourth-order valence-corrected chi connectivity index (χ4v) is 3.52. The molecule has 0 aliphatic carbocycles. The number of guanidine groups is 1. The Balaban J connectivity index is 0.00000280. The molecule has 2 aromatic rings. The Morgan fingerprint density at radius 3 is 2.61 bits per heavy atom. The minimum atomic E-state index is 0. The van der Waals surface area contributed by atoms with Gasteiger partial charge in [-0.3, -0.25) is 14.6 Å². The molecule has 0 spiro atoms. The van der Waals surface area contributed by atoms with E-state index in [1.807, 2.05) is 24.0 Å². The Morgan fingerprint density at radius 2 is 1.96 bits per heavy atom. The zero-order chi connectivity index (χ0) is 19.2. The summed E-state index contributed by atoms with van der Waals surface area (Å²) in [6, 6.07) is 11.4. The average molecular weight is 496 g/mol. The number of nitrogens with zero attached hydrogens (tertiary/aromatic N) is 4. The highest BCUT2D eigenvalue weighted by atomic mass is 127. The Bertz CT molecular complexity index is 742.